The van der Waals surface area contributed by atoms with Crippen LogP contribution in [-0.4, -0.2) is 59.6 Å². The zero-order chi connectivity index (χ0) is 16.9. The van der Waals surface area contributed by atoms with Crippen molar-refractivity contribution in [3.8, 4) is 0 Å². The predicted molar refractivity (Wildman–Crippen MR) is 86.4 cm³/mol. The Kier molecular flexibility index (Phi) is 6.66. The van der Waals surface area contributed by atoms with Crippen LogP contribution in [0.15, 0.2) is 0 Å². The summed E-state index contributed by atoms with van der Waals surface area (Å²) in [5.41, 5.74) is 5.17. The maximum atomic E-state index is 12.1. The molecule has 0 unspecified atom stereocenters. The van der Waals surface area contributed by atoms with Crippen molar-refractivity contribution >= 4 is 12.0 Å². The van der Waals surface area contributed by atoms with Crippen LogP contribution in [0.2, 0.25) is 0 Å². The number of likely N-dealkylation sites (tertiary alicyclic amines) is 1. The second-order valence-electron chi connectivity index (χ2n) is 7.08. The van der Waals surface area contributed by atoms with E-state index in [1.807, 2.05) is 32.6 Å². The number of nitrogens with two attached hydrogens (primary N) is 1. The molecule has 1 saturated heterocycles. The van der Waals surface area contributed by atoms with Crippen LogP contribution in [0.3, 0.4) is 0 Å². The van der Waals surface area contributed by atoms with Crippen molar-refractivity contribution in [2.24, 2.45) is 11.7 Å². The number of hydrogen-bond acceptors (Lipinski definition) is 4. The number of carbonyl (C=O) groups excluding carboxylic acids is 2. The molecule has 0 aromatic rings. The summed E-state index contributed by atoms with van der Waals surface area (Å²) in [5, 5.41) is 0. The molecule has 1 aliphatic heterocycles. The lowest BCUT2D eigenvalue weighted by molar-refractivity contribution is -0.133. The van der Waals surface area contributed by atoms with Gasteiger partial charge in [0.05, 0.1) is 6.04 Å². The summed E-state index contributed by atoms with van der Waals surface area (Å²) in [6, 6.07) is -0.439. The number of piperidine rings is 1. The molecule has 1 heterocycles. The van der Waals surface area contributed by atoms with Crippen LogP contribution in [0, 0.1) is 5.92 Å². The fourth-order valence-electron chi connectivity index (χ4n) is 2.59. The largest absolute Gasteiger partial charge is 0.444 e. The van der Waals surface area contributed by atoms with Gasteiger partial charge in [-0.05, 0) is 53.4 Å². The highest BCUT2D eigenvalue weighted by atomic mass is 16.6. The summed E-state index contributed by atoms with van der Waals surface area (Å²) in [6.07, 6.45) is 1.54. The summed E-state index contributed by atoms with van der Waals surface area (Å²) in [4.78, 5) is 27.6. The molecule has 0 radical (unpaired) electrons. The van der Waals surface area contributed by atoms with E-state index in [4.69, 9.17) is 10.5 Å². The Morgan fingerprint density at radius 3 is 2.27 bits per heavy atom. The van der Waals surface area contributed by atoms with Crippen LogP contribution in [0.1, 0.15) is 47.5 Å². The zero-order valence-corrected chi connectivity index (χ0v) is 14.6. The molecule has 1 atom stereocenters. The van der Waals surface area contributed by atoms with Gasteiger partial charge in [0.2, 0.25) is 5.91 Å². The molecule has 6 heteroatoms. The smallest absolute Gasteiger partial charge is 0.410 e. The SMILES string of the molecule is CCN(CC1CCN(C(=O)[C@H](C)N)CC1)C(=O)OC(C)(C)C. The van der Waals surface area contributed by atoms with E-state index >= 15 is 0 Å². The van der Waals surface area contributed by atoms with Crippen LogP contribution < -0.4 is 5.73 Å². The quantitative estimate of drug-likeness (QED) is 0.859. The van der Waals surface area contributed by atoms with E-state index in [1.54, 1.807) is 11.8 Å². The van der Waals surface area contributed by atoms with Crippen LogP contribution in [-0.2, 0) is 9.53 Å². The Labute approximate surface area is 134 Å². The minimum atomic E-state index is -0.475. The molecule has 22 heavy (non-hydrogen) atoms. The third kappa shape index (κ3) is 5.83. The molecule has 2 amide bonds. The molecule has 128 valence electrons. The molecular weight excluding hydrogens is 282 g/mol. The first-order valence-electron chi connectivity index (χ1n) is 8.16. The standard InChI is InChI=1S/C16H31N3O3/c1-6-18(15(21)22-16(3,4)5)11-13-7-9-19(10-8-13)14(20)12(2)17/h12-13H,6-11,17H2,1-5H3/t12-/m0/s1. The number of ether oxygens (including phenoxy) is 1. The number of carbonyl (C=O) groups is 2. The Morgan fingerprint density at radius 2 is 1.86 bits per heavy atom. The van der Waals surface area contributed by atoms with Gasteiger partial charge in [0, 0.05) is 26.2 Å². The lowest BCUT2D eigenvalue weighted by Crippen LogP contribution is -2.48. The zero-order valence-electron chi connectivity index (χ0n) is 14.6. The van der Waals surface area contributed by atoms with E-state index in [0.717, 1.165) is 25.9 Å². The van der Waals surface area contributed by atoms with Crippen LogP contribution in [0.5, 0.6) is 0 Å². The molecule has 1 rings (SSSR count). The Hall–Kier alpha value is -1.30. The minimum Gasteiger partial charge on any atom is -0.444 e. The van der Waals surface area contributed by atoms with Crippen molar-refractivity contribution in [1.29, 1.82) is 0 Å². The summed E-state index contributed by atoms with van der Waals surface area (Å²) in [6.45, 7) is 12.0. The van der Waals surface area contributed by atoms with Crippen LogP contribution in [0.25, 0.3) is 0 Å². The average molecular weight is 313 g/mol. The normalized spacial score (nSPS) is 18.0. The average Bonchev–Trinajstić information content (AvgIpc) is 2.42. The Balaban J connectivity index is 2.47. The molecule has 0 spiro atoms. The fraction of sp³-hybridized carbons (Fsp3) is 0.875. The molecule has 0 saturated carbocycles. The van der Waals surface area contributed by atoms with Crippen molar-refractivity contribution in [2.45, 2.75) is 59.1 Å². The highest BCUT2D eigenvalue weighted by Gasteiger charge is 2.28. The van der Waals surface area contributed by atoms with E-state index in [1.165, 1.54) is 0 Å². The lowest BCUT2D eigenvalue weighted by atomic mass is 9.96. The van der Waals surface area contributed by atoms with Gasteiger partial charge in [0.1, 0.15) is 5.60 Å². The molecule has 0 aromatic carbocycles. The molecular formula is C16H31N3O3. The number of rotatable bonds is 4. The van der Waals surface area contributed by atoms with Gasteiger partial charge < -0.3 is 20.3 Å². The summed E-state index contributed by atoms with van der Waals surface area (Å²) in [7, 11) is 0. The van der Waals surface area contributed by atoms with Gasteiger partial charge in [-0.1, -0.05) is 0 Å². The molecule has 6 nitrogen and oxygen atoms in total. The first kappa shape index (κ1) is 18.7. The van der Waals surface area contributed by atoms with Gasteiger partial charge in [-0.25, -0.2) is 4.79 Å². The second kappa shape index (κ2) is 7.81. The number of amides is 2. The third-order valence-electron chi connectivity index (χ3n) is 3.83. The predicted octanol–water partition coefficient (Wildman–Crippen LogP) is 1.83. The third-order valence-corrected chi connectivity index (χ3v) is 3.83. The highest BCUT2D eigenvalue weighted by Crippen LogP contribution is 2.20. The first-order valence-corrected chi connectivity index (χ1v) is 8.16. The van der Waals surface area contributed by atoms with Crippen LogP contribution in [0.4, 0.5) is 4.79 Å². The van der Waals surface area contributed by atoms with Crippen molar-refractivity contribution in [2.75, 3.05) is 26.2 Å². The minimum absolute atomic E-state index is 0.0120. The maximum absolute atomic E-state index is 12.1. The fourth-order valence-corrected chi connectivity index (χ4v) is 2.59. The van der Waals surface area contributed by atoms with E-state index in [0.29, 0.717) is 19.0 Å². The van der Waals surface area contributed by atoms with E-state index in [2.05, 4.69) is 0 Å². The van der Waals surface area contributed by atoms with Gasteiger partial charge in [-0.3, -0.25) is 4.79 Å². The summed E-state index contributed by atoms with van der Waals surface area (Å²) >= 11 is 0. The first-order chi connectivity index (χ1) is 10.1. The van der Waals surface area contributed by atoms with Crippen molar-refractivity contribution < 1.29 is 14.3 Å². The second-order valence-corrected chi connectivity index (χ2v) is 7.08. The van der Waals surface area contributed by atoms with Gasteiger partial charge in [-0.2, -0.15) is 0 Å². The molecule has 0 aliphatic carbocycles. The van der Waals surface area contributed by atoms with E-state index in [9.17, 15) is 9.59 Å². The summed E-state index contributed by atoms with van der Waals surface area (Å²) < 4.78 is 5.43. The Morgan fingerprint density at radius 1 is 1.32 bits per heavy atom. The Bertz CT molecular complexity index is 383. The van der Waals surface area contributed by atoms with Crippen LogP contribution >= 0.6 is 0 Å². The highest BCUT2D eigenvalue weighted by molar-refractivity contribution is 5.81. The van der Waals surface area contributed by atoms with Crippen molar-refractivity contribution in [3.05, 3.63) is 0 Å². The van der Waals surface area contributed by atoms with Crippen molar-refractivity contribution in [1.82, 2.24) is 9.80 Å². The van der Waals surface area contributed by atoms with E-state index in [-0.39, 0.29) is 12.0 Å². The maximum Gasteiger partial charge on any atom is 0.410 e. The van der Waals surface area contributed by atoms with Gasteiger partial charge in [0.25, 0.3) is 0 Å². The molecule has 1 aliphatic rings. The van der Waals surface area contributed by atoms with Gasteiger partial charge in [-0.15, -0.1) is 0 Å². The van der Waals surface area contributed by atoms with E-state index < -0.39 is 11.6 Å². The molecule has 1 fully saturated rings. The molecule has 0 bridgehead atoms. The monoisotopic (exact) mass is 313 g/mol. The van der Waals surface area contributed by atoms with Crippen molar-refractivity contribution in [3.63, 3.8) is 0 Å². The van der Waals surface area contributed by atoms with Gasteiger partial charge in [0.15, 0.2) is 0 Å². The lowest BCUT2D eigenvalue weighted by Gasteiger charge is -2.35. The molecule has 2 N–H and O–H groups in total. The number of nitrogens with zero attached hydrogens (tertiary/aromatic N) is 2. The molecule has 0 aromatic heterocycles. The number of hydrogen-bond donors (Lipinski definition) is 1. The topological polar surface area (TPSA) is 75.9 Å². The summed E-state index contributed by atoms with van der Waals surface area (Å²) in [5.74, 6) is 0.419. The van der Waals surface area contributed by atoms with Gasteiger partial charge >= 0.3 is 6.09 Å².